The first-order valence-electron chi connectivity index (χ1n) is 7.49. The summed E-state index contributed by atoms with van der Waals surface area (Å²) in [6, 6.07) is 5.66. The fraction of sp³-hybridized carbons (Fsp3) is 0.118. The van der Waals surface area contributed by atoms with Crippen LogP contribution >= 0.6 is 11.3 Å². The van der Waals surface area contributed by atoms with Crippen LogP contribution in [0.25, 0.3) is 11.3 Å². The number of thiazole rings is 1. The van der Waals surface area contributed by atoms with Gasteiger partial charge in [0.05, 0.1) is 18.4 Å². The number of alkyl halides is 3. The van der Waals surface area contributed by atoms with E-state index in [-0.39, 0.29) is 16.4 Å². The zero-order chi connectivity index (χ0) is 19.6. The third kappa shape index (κ3) is 4.17. The van der Waals surface area contributed by atoms with Crippen molar-refractivity contribution in [2.75, 3.05) is 12.4 Å². The summed E-state index contributed by atoms with van der Waals surface area (Å²) in [6.45, 7) is 0. The minimum absolute atomic E-state index is 0.129. The van der Waals surface area contributed by atoms with Crippen LogP contribution in [0.15, 0.2) is 41.9 Å². The van der Waals surface area contributed by atoms with Gasteiger partial charge in [-0.1, -0.05) is 6.07 Å². The first kappa shape index (κ1) is 18.6. The predicted molar refractivity (Wildman–Crippen MR) is 92.6 cm³/mol. The number of H-pyrrole nitrogens is 1. The van der Waals surface area contributed by atoms with Crippen molar-refractivity contribution in [2.45, 2.75) is 6.18 Å². The van der Waals surface area contributed by atoms with Gasteiger partial charge in [-0.15, -0.1) is 11.3 Å². The van der Waals surface area contributed by atoms with Crippen LogP contribution in [-0.2, 0) is 10.9 Å². The number of nitrogens with zero attached hydrogens (tertiary/aromatic N) is 1. The van der Waals surface area contributed by atoms with Crippen LogP contribution in [0.3, 0.4) is 0 Å². The van der Waals surface area contributed by atoms with Crippen LogP contribution in [-0.4, -0.2) is 29.0 Å². The number of esters is 1. The number of amides is 1. The Balaban J connectivity index is 1.75. The normalized spacial score (nSPS) is 11.3. The molecule has 6 nitrogen and oxygen atoms in total. The summed E-state index contributed by atoms with van der Waals surface area (Å²) in [5, 5.41) is 4.33. The highest BCUT2D eigenvalue weighted by molar-refractivity contribution is 7.14. The molecule has 2 heterocycles. The number of aromatic amines is 1. The fourth-order valence-electron chi connectivity index (χ4n) is 2.24. The lowest BCUT2D eigenvalue weighted by atomic mass is 10.1. The number of methoxy groups -OCH3 is 1. The Bertz CT molecular complexity index is 994. The minimum atomic E-state index is -4.53. The lowest BCUT2D eigenvalue weighted by Crippen LogP contribution is -2.13. The molecule has 0 aliphatic rings. The van der Waals surface area contributed by atoms with Crippen molar-refractivity contribution in [3.63, 3.8) is 0 Å². The summed E-state index contributed by atoms with van der Waals surface area (Å²) in [5.41, 5.74) is 0.306. The zero-order valence-corrected chi connectivity index (χ0v) is 14.6. The number of ether oxygens (including phenoxy) is 1. The molecule has 3 aromatic rings. The van der Waals surface area contributed by atoms with E-state index in [0.717, 1.165) is 23.5 Å². The molecule has 1 aromatic carbocycles. The fourth-order valence-corrected chi connectivity index (χ4v) is 2.95. The zero-order valence-electron chi connectivity index (χ0n) is 13.8. The van der Waals surface area contributed by atoms with E-state index >= 15 is 0 Å². The van der Waals surface area contributed by atoms with E-state index in [2.05, 4.69) is 20.0 Å². The van der Waals surface area contributed by atoms with Gasteiger partial charge in [0, 0.05) is 22.7 Å². The molecule has 0 saturated carbocycles. The Morgan fingerprint density at radius 1 is 1.26 bits per heavy atom. The quantitative estimate of drug-likeness (QED) is 0.649. The average Bonchev–Trinajstić information content (AvgIpc) is 3.29. The van der Waals surface area contributed by atoms with Gasteiger partial charge in [-0.25, -0.2) is 9.78 Å². The van der Waals surface area contributed by atoms with E-state index in [1.54, 1.807) is 17.6 Å². The molecule has 0 bridgehead atoms. The average molecular weight is 395 g/mol. The molecule has 0 saturated heterocycles. The molecule has 2 aromatic heterocycles. The van der Waals surface area contributed by atoms with Crippen LogP contribution in [0, 0.1) is 0 Å². The van der Waals surface area contributed by atoms with E-state index in [4.69, 9.17) is 0 Å². The lowest BCUT2D eigenvalue weighted by Gasteiger charge is -2.08. The third-order valence-corrected chi connectivity index (χ3v) is 4.32. The highest BCUT2D eigenvalue weighted by Crippen LogP contribution is 2.30. The second kappa shape index (κ2) is 7.23. The Labute approximate surface area is 155 Å². The predicted octanol–water partition coefficient (Wildman–Crippen LogP) is 4.20. The molecular weight excluding hydrogens is 383 g/mol. The number of benzene rings is 1. The number of halogens is 3. The van der Waals surface area contributed by atoms with Gasteiger partial charge in [0.15, 0.2) is 5.13 Å². The maximum absolute atomic E-state index is 12.8. The van der Waals surface area contributed by atoms with Crippen LogP contribution in [0.5, 0.6) is 0 Å². The second-order valence-electron chi connectivity index (χ2n) is 5.36. The molecule has 0 aliphatic carbocycles. The first-order chi connectivity index (χ1) is 12.8. The van der Waals surface area contributed by atoms with Gasteiger partial charge < -0.3 is 9.72 Å². The van der Waals surface area contributed by atoms with Gasteiger partial charge in [0.25, 0.3) is 5.91 Å². The molecule has 27 heavy (non-hydrogen) atoms. The Hall–Kier alpha value is -3.14. The molecular formula is C17H12F3N3O3S. The van der Waals surface area contributed by atoms with E-state index in [1.165, 1.54) is 19.2 Å². The highest BCUT2D eigenvalue weighted by atomic mass is 32.1. The Morgan fingerprint density at radius 2 is 2.04 bits per heavy atom. The molecule has 1 amide bonds. The maximum atomic E-state index is 12.8. The van der Waals surface area contributed by atoms with E-state index in [9.17, 15) is 22.8 Å². The number of rotatable bonds is 4. The molecule has 0 spiro atoms. The smallest absolute Gasteiger partial charge is 0.416 e. The standard InChI is InChI=1S/C17H12F3N3O3S/c1-26-15(25)12-6-10(7-21-12)13-8-27-16(22-13)23-14(24)9-3-2-4-11(5-9)17(18,19)20/h2-8,21H,1H3,(H,22,23,24). The molecule has 0 unspecified atom stereocenters. The van der Waals surface area contributed by atoms with Crippen LogP contribution in [0.1, 0.15) is 26.4 Å². The van der Waals surface area contributed by atoms with Crippen LogP contribution in [0.4, 0.5) is 18.3 Å². The number of carbonyl (C=O) groups is 2. The molecule has 0 fully saturated rings. The van der Waals surface area contributed by atoms with Gasteiger partial charge >= 0.3 is 12.1 Å². The summed E-state index contributed by atoms with van der Waals surface area (Å²) in [5.74, 6) is -1.24. The summed E-state index contributed by atoms with van der Waals surface area (Å²) < 4.78 is 42.9. The molecule has 140 valence electrons. The van der Waals surface area contributed by atoms with Crippen molar-refractivity contribution in [2.24, 2.45) is 0 Å². The van der Waals surface area contributed by atoms with Gasteiger partial charge in [-0.2, -0.15) is 13.2 Å². The molecule has 0 radical (unpaired) electrons. The topological polar surface area (TPSA) is 84.1 Å². The number of carbonyl (C=O) groups excluding carboxylic acids is 2. The van der Waals surface area contributed by atoms with E-state index in [0.29, 0.717) is 11.3 Å². The number of hydrogen-bond acceptors (Lipinski definition) is 5. The van der Waals surface area contributed by atoms with Gasteiger partial charge in [-0.05, 0) is 24.3 Å². The SMILES string of the molecule is COC(=O)c1cc(-c2csc(NC(=O)c3cccc(C(F)(F)F)c3)n2)c[nH]1. The van der Waals surface area contributed by atoms with Gasteiger partial charge in [0.1, 0.15) is 5.69 Å². The molecule has 2 N–H and O–H groups in total. The van der Waals surface area contributed by atoms with Gasteiger partial charge in [0.2, 0.25) is 0 Å². The van der Waals surface area contributed by atoms with Crippen molar-refractivity contribution < 1.29 is 27.5 Å². The number of hydrogen-bond donors (Lipinski definition) is 2. The number of aromatic nitrogens is 2. The van der Waals surface area contributed by atoms with Crippen molar-refractivity contribution >= 4 is 28.3 Å². The molecule has 10 heteroatoms. The Kier molecular flexibility index (Phi) is 5.00. The van der Waals surface area contributed by atoms with Crippen LogP contribution in [0.2, 0.25) is 0 Å². The highest BCUT2D eigenvalue weighted by Gasteiger charge is 2.31. The summed E-state index contributed by atoms with van der Waals surface area (Å²) >= 11 is 1.11. The summed E-state index contributed by atoms with van der Waals surface area (Å²) in [6.07, 6.45) is -2.98. The first-order valence-corrected chi connectivity index (χ1v) is 8.37. The number of anilines is 1. The summed E-state index contributed by atoms with van der Waals surface area (Å²) in [7, 11) is 1.26. The van der Waals surface area contributed by atoms with Crippen molar-refractivity contribution in [3.05, 3.63) is 58.7 Å². The van der Waals surface area contributed by atoms with Crippen molar-refractivity contribution in [1.29, 1.82) is 0 Å². The number of nitrogens with one attached hydrogen (secondary N) is 2. The minimum Gasteiger partial charge on any atom is -0.464 e. The molecule has 0 aliphatic heterocycles. The largest absolute Gasteiger partial charge is 0.464 e. The third-order valence-electron chi connectivity index (χ3n) is 3.56. The maximum Gasteiger partial charge on any atom is 0.416 e. The van der Waals surface area contributed by atoms with Crippen molar-refractivity contribution in [1.82, 2.24) is 9.97 Å². The monoisotopic (exact) mass is 395 g/mol. The Morgan fingerprint density at radius 3 is 2.74 bits per heavy atom. The molecule has 3 rings (SSSR count). The van der Waals surface area contributed by atoms with Crippen LogP contribution < -0.4 is 5.32 Å². The van der Waals surface area contributed by atoms with Gasteiger partial charge in [-0.3, -0.25) is 10.1 Å². The second-order valence-corrected chi connectivity index (χ2v) is 6.22. The summed E-state index contributed by atoms with van der Waals surface area (Å²) in [4.78, 5) is 30.6. The van der Waals surface area contributed by atoms with E-state index in [1.807, 2.05) is 0 Å². The van der Waals surface area contributed by atoms with E-state index < -0.39 is 23.6 Å². The molecule has 0 atom stereocenters. The lowest BCUT2D eigenvalue weighted by molar-refractivity contribution is -0.137. The van der Waals surface area contributed by atoms with Crippen molar-refractivity contribution in [3.8, 4) is 11.3 Å².